The third-order valence-corrected chi connectivity index (χ3v) is 7.15. The van der Waals surface area contributed by atoms with Gasteiger partial charge in [-0.3, -0.25) is 9.59 Å². The van der Waals surface area contributed by atoms with Gasteiger partial charge in [0.05, 0.1) is 13.0 Å². The van der Waals surface area contributed by atoms with Crippen molar-refractivity contribution in [3.8, 4) is 5.75 Å². The van der Waals surface area contributed by atoms with Crippen molar-refractivity contribution in [1.82, 2.24) is 9.80 Å². The van der Waals surface area contributed by atoms with Crippen molar-refractivity contribution < 1.29 is 14.3 Å². The molecule has 2 saturated heterocycles. The Hall–Kier alpha value is -2.04. The molecule has 28 heavy (non-hydrogen) atoms. The molecule has 2 aliphatic heterocycles. The highest BCUT2D eigenvalue weighted by molar-refractivity contribution is 5.89. The summed E-state index contributed by atoms with van der Waals surface area (Å²) >= 11 is 0. The highest BCUT2D eigenvalue weighted by Crippen LogP contribution is 2.44. The molecule has 1 atom stereocenters. The molecule has 3 aliphatic rings. The second-order valence-corrected chi connectivity index (χ2v) is 8.91. The monoisotopic (exact) mass is 384 g/mol. The van der Waals surface area contributed by atoms with Gasteiger partial charge in [0.15, 0.2) is 0 Å². The van der Waals surface area contributed by atoms with Crippen LogP contribution in [-0.4, -0.2) is 48.4 Å². The summed E-state index contributed by atoms with van der Waals surface area (Å²) in [7, 11) is 1.64. The standard InChI is InChI=1S/C23H32N2O3/c1-28-20-7-5-18(6-8-20)16-25-17-19(15-21(25)26)22(27)24-13-11-23(12-14-24)9-3-2-4-10-23/h5-8,19H,2-4,9-17H2,1H3. The molecule has 0 bridgehead atoms. The van der Waals surface area contributed by atoms with Crippen LogP contribution in [0.5, 0.6) is 5.75 Å². The van der Waals surface area contributed by atoms with Gasteiger partial charge in [-0.25, -0.2) is 0 Å². The number of likely N-dealkylation sites (tertiary alicyclic amines) is 2. The van der Waals surface area contributed by atoms with Crippen molar-refractivity contribution in [2.75, 3.05) is 26.7 Å². The fraction of sp³-hybridized carbons (Fsp3) is 0.652. The molecule has 3 fully saturated rings. The number of methoxy groups -OCH3 is 1. The zero-order chi connectivity index (χ0) is 19.6. The van der Waals surface area contributed by atoms with E-state index in [0.29, 0.717) is 24.9 Å². The Bertz CT molecular complexity index is 699. The number of nitrogens with zero attached hydrogens (tertiary/aromatic N) is 2. The first-order valence-electron chi connectivity index (χ1n) is 10.8. The molecule has 1 unspecified atom stereocenters. The van der Waals surface area contributed by atoms with Gasteiger partial charge in [0.1, 0.15) is 5.75 Å². The summed E-state index contributed by atoms with van der Waals surface area (Å²) < 4.78 is 5.19. The second-order valence-electron chi connectivity index (χ2n) is 8.91. The van der Waals surface area contributed by atoms with Crippen LogP contribution >= 0.6 is 0 Å². The fourth-order valence-electron chi connectivity index (χ4n) is 5.30. The van der Waals surface area contributed by atoms with Crippen molar-refractivity contribution in [1.29, 1.82) is 0 Å². The van der Waals surface area contributed by atoms with Gasteiger partial charge in [-0.1, -0.05) is 31.4 Å². The lowest BCUT2D eigenvalue weighted by Crippen LogP contribution is -2.46. The van der Waals surface area contributed by atoms with Gasteiger partial charge in [0.2, 0.25) is 11.8 Å². The Balaban J connectivity index is 1.31. The summed E-state index contributed by atoms with van der Waals surface area (Å²) in [4.78, 5) is 29.4. The molecule has 1 aromatic rings. The van der Waals surface area contributed by atoms with E-state index in [1.165, 1.54) is 32.1 Å². The Kier molecular flexibility index (Phi) is 5.61. The molecule has 152 valence electrons. The molecule has 0 N–H and O–H groups in total. The lowest BCUT2D eigenvalue weighted by atomic mass is 9.68. The summed E-state index contributed by atoms with van der Waals surface area (Å²) in [5, 5.41) is 0. The number of amides is 2. The average Bonchev–Trinajstić information content (AvgIpc) is 3.09. The van der Waals surface area contributed by atoms with Crippen LogP contribution < -0.4 is 4.74 Å². The van der Waals surface area contributed by atoms with E-state index in [1.807, 2.05) is 34.1 Å². The van der Waals surface area contributed by atoms with Crippen LogP contribution in [0.25, 0.3) is 0 Å². The van der Waals surface area contributed by atoms with E-state index in [2.05, 4.69) is 0 Å². The number of carbonyl (C=O) groups excluding carboxylic acids is 2. The zero-order valence-electron chi connectivity index (χ0n) is 17.0. The topological polar surface area (TPSA) is 49.9 Å². The molecule has 1 spiro atoms. The highest BCUT2D eigenvalue weighted by Gasteiger charge is 2.40. The largest absolute Gasteiger partial charge is 0.497 e. The predicted molar refractivity (Wildman–Crippen MR) is 108 cm³/mol. The Labute approximate surface area is 168 Å². The van der Waals surface area contributed by atoms with E-state index in [0.717, 1.165) is 37.2 Å². The SMILES string of the molecule is COc1ccc(CN2CC(C(=O)N3CCC4(CCCCC4)CC3)CC2=O)cc1. The average molecular weight is 385 g/mol. The summed E-state index contributed by atoms with van der Waals surface area (Å²) in [5.74, 6) is 0.919. The van der Waals surface area contributed by atoms with E-state index in [-0.39, 0.29) is 17.7 Å². The van der Waals surface area contributed by atoms with E-state index < -0.39 is 0 Å². The zero-order valence-corrected chi connectivity index (χ0v) is 17.0. The minimum atomic E-state index is -0.175. The number of rotatable bonds is 4. The first-order valence-corrected chi connectivity index (χ1v) is 10.8. The van der Waals surface area contributed by atoms with Crippen molar-refractivity contribution in [2.24, 2.45) is 11.3 Å². The normalized spacial score (nSPS) is 24.6. The van der Waals surface area contributed by atoms with E-state index in [1.54, 1.807) is 7.11 Å². The molecule has 1 aromatic carbocycles. The van der Waals surface area contributed by atoms with Gasteiger partial charge in [-0.05, 0) is 48.8 Å². The molecule has 0 aromatic heterocycles. The van der Waals surface area contributed by atoms with Crippen LogP contribution in [0.3, 0.4) is 0 Å². The fourth-order valence-corrected chi connectivity index (χ4v) is 5.30. The van der Waals surface area contributed by atoms with Gasteiger partial charge in [0.25, 0.3) is 0 Å². The maximum atomic E-state index is 13.0. The van der Waals surface area contributed by atoms with Crippen molar-refractivity contribution >= 4 is 11.8 Å². The first-order chi connectivity index (χ1) is 13.6. The first kappa shape index (κ1) is 19.3. The van der Waals surface area contributed by atoms with E-state index >= 15 is 0 Å². The minimum Gasteiger partial charge on any atom is -0.497 e. The van der Waals surface area contributed by atoms with Crippen LogP contribution in [0.15, 0.2) is 24.3 Å². The van der Waals surface area contributed by atoms with Gasteiger partial charge < -0.3 is 14.5 Å². The Morgan fingerprint density at radius 2 is 1.75 bits per heavy atom. The Morgan fingerprint density at radius 1 is 1.07 bits per heavy atom. The number of benzene rings is 1. The molecule has 4 rings (SSSR count). The molecule has 0 radical (unpaired) electrons. The molecule has 5 heteroatoms. The third-order valence-electron chi connectivity index (χ3n) is 7.15. The van der Waals surface area contributed by atoms with Crippen LogP contribution in [0, 0.1) is 11.3 Å². The minimum absolute atomic E-state index is 0.0925. The van der Waals surface area contributed by atoms with Gasteiger partial charge >= 0.3 is 0 Å². The molecular weight excluding hydrogens is 352 g/mol. The lowest BCUT2D eigenvalue weighted by molar-refractivity contribution is -0.138. The highest BCUT2D eigenvalue weighted by atomic mass is 16.5. The van der Waals surface area contributed by atoms with Gasteiger partial charge in [-0.2, -0.15) is 0 Å². The van der Waals surface area contributed by atoms with Crippen molar-refractivity contribution in [3.05, 3.63) is 29.8 Å². The number of piperidine rings is 1. The molecule has 2 amide bonds. The van der Waals surface area contributed by atoms with Crippen LogP contribution in [0.1, 0.15) is 56.9 Å². The van der Waals surface area contributed by atoms with Gasteiger partial charge in [-0.15, -0.1) is 0 Å². The van der Waals surface area contributed by atoms with Crippen LogP contribution in [-0.2, 0) is 16.1 Å². The maximum absolute atomic E-state index is 13.0. The molecule has 2 heterocycles. The number of hydrogen-bond donors (Lipinski definition) is 0. The quantitative estimate of drug-likeness (QED) is 0.797. The predicted octanol–water partition coefficient (Wildman–Crippen LogP) is 3.62. The summed E-state index contributed by atoms with van der Waals surface area (Å²) in [6.45, 7) is 2.87. The molecular formula is C23H32N2O3. The smallest absolute Gasteiger partial charge is 0.227 e. The molecule has 1 aliphatic carbocycles. The molecule has 5 nitrogen and oxygen atoms in total. The van der Waals surface area contributed by atoms with Crippen LogP contribution in [0.4, 0.5) is 0 Å². The number of carbonyl (C=O) groups is 2. The van der Waals surface area contributed by atoms with E-state index in [9.17, 15) is 9.59 Å². The molecule has 1 saturated carbocycles. The summed E-state index contributed by atoms with van der Waals surface area (Å²) in [6.07, 6.45) is 9.41. The van der Waals surface area contributed by atoms with Crippen LogP contribution in [0.2, 0.25) is 0 Å². The van der Waals surface area contributed by atoms with Gasteiger partial charge in [0, 0.05) is 32.6 Å². The maximum Gasteiger partial charge on any atom is 0.227 e. The second kappa shape index (κ2) is 8.14. The number of ether oxygens (including phenoxy) is 1. The summed E-state index contributed by atoms with van der Waals surface area (Å²) in [6, 6.07) is 7.78. The summed E-state index contributed by atoms with van der Waals surface area (Å²) in [5.41, 5.74) is 1.57. The number of hydrogen-bond acceptors (Lipinski definition) is 3. The van der Waals surface area contributed by atoms with Crippen molar-refractivity contribution in [2.45, 2.75) is 57.9 Å². The van der Waals surface area contributed by atoms with E-state index in [4.69, 9.17) is 4.74 Å². The van der Waals surface area contributed by atoms with Crippen molar-refractivity contribution in [3.63, 3.8) is 0 Å². The third kappa shape index (κ3) is 4.03. The Morgan fingerprint density at radius 3 is 2.39 bits per heavy atom. The lowest BCUT2D eigenvalue weighted by Gasteiger charge is -2.44.